The van der Waals surface area contributed by atoms with E-state index in [2.05, 4.69) is 10.3 Å². The molecular weight excluding hydrogens is 360 g/mol. The van der Waals surface area contributed by atoms with Crippen molar-refractivity contribution in [3.8, 4) is 23.0 Å². The lowest BCUT2D eigenvalue weighted by Crippen LogP contribution is -2.17. The van der Waals surface area contributed by atoms with Crippen LogP contribution < -0.4 is 10.1 Å². The van der Waals surface area contributed by atoms with E-state index in [4.69, 9.17) is 9.84 Å². The van der Waals surface area contributed by atoms with E-state index in [1.54, 1.807) is 42.7 Å². The molecule has 0 radical (unpaired) electrons. The summed E-state index contributed by atoms with van der Waals surface area (Å²) in [6.07, 6.45) is 3.31. The highest BCUT2D eigenvalue weighted by Crippen LogP contribution is 2.22. The summed E-state index contributed by atoms with van der Waals surface area (Å²) in [5.74, 6) is 0.705. The molecule has 0 bridgehead atoms. The maximum absolute atomic E-state index is 11.2. The fourth-order valence-electron chi connectivity index (χ4n) is 2.17. The van der Waals surface area contributed by atoms with Gasteiger partial charge in [-0.15, -0.1) is 0 Å². The maximum atomic E-state index is 11.2. The number of aromatic hydroxyl groups is 2. The normalized spacial score (nSPS) is 9.64. The molecule has 144 valence electrons. The van der Waals surface area contributed by atoms with Crippen LogP contribution in [0.4, 0.5) is 0 Å². The van der Waals surface area contributed by atoms with Crippen molar-refractivity contribution >= 4 is 11.7 Å². The summed E-state index contributed by atoms with van der Waals surface area (Å²) in [5, 5.41) is 20.4. The molecule has 0 unspecified atom stereocenters. The number of pyridine rings is 1. The molecule has 7 nitrogen and oxygen atoms in total. The molecule has 1 amide bonds. The summed E-state index contributed by atoms with van der Waals surface area (Å²) in [4.78, 5) is 26.1. The Kier molecular flexibility index (Phi) is 7.10. The average Bonchev–Trinajstić information content (AvgIpc) is 2.69. The van der Waals surface area contributed by atoms with Gasteiger partial charge in [0.05, 0.1) is 5.56 Å². The SMILES string of the molecule is CC(=O)c1cccc(Oc2ccncc2)c1.CNC(=O)c1ccc(O)cc1O. The zero-order valence-corrected chi connectivity index (χ0v) is 15.4. The minimum absolute atomic E-state index is 0.0279. The number of phenolic OH excluding ortho intramolecular Hbond substituents is 2. The Labute approximate surface area is 162 Å². The first kappa shape index (κ1) is 20.4. The van der Waals surface area contributed by atoms with Crippen molar-refractivity contribution in [2.75, 3.05) is 7.05 Å². The van der Waals surface area contributed by atoms with Crippen molar-refractivity contribution in [2.45, 2.75) is 6.92 Å². The van der Waals surface area contributed by atoms with E-state index in [1.807, 2.05) is 6.07 Å². The third kappa shape index (κ3) is 5.84. The van der Waals surface area contributed by atoms with Crippen LogP contribution in [0.5, 0.6) is 23.0 Å². The van der Waals surface area contributed by atoms with Gasteiger partial charge in [-0.3, -0.25) is 14.6 Å². The number of carbonyl (C=O) groups excluding carboxylic acids is 2. The molecule has 0 aliphatic carbocycles. The number of Topliss-reactive ketones (excluding diaryl/α,β-unsaturated/α-hetero) is 1. The number of nitrogens with zero attached hydrogens (tertiary/aromatic N) is 1. The van der Waals surface area contributed by atoms with Crippen LogP contribution in [0, 0.1) is 0 Å². The van der Waals surface area contributed by atoms with Crippen LogP contribution in [0.1, 0.15) is 27.6 Å². The number of phenols is 2. The second-order valence-corrected chi connectivity index (χ2v) is 5.65. The van der Waals surface area contributed by atoms with Crippen molar-refractivity contribution in [1.29, 1.82) is 0 Å². The van der Waals surface area contributed by atoms with Gasteiger partial charge in [0.2, 0.25) is 0 Å². The maximum Gasteiger partial charge on any atom is 0.254 e. The molecule has 1 aromatic heterocycles. The number of hydrogen-bond donors (Lipinski definition) is 3. The highest BCUT2D eigenvalue weighted by atomic mass is 16.5. The van der Waals surface area contributed by atoms with Gasteiger partial charge in [0.25, 0.3) is 5.91 Å². The largest absolute Gasteiger partial charge is 0.508 e. The number of benzene rings is 2. The Bertz CT molecular complexity index is 958. The minimum Gasteiger partial charge on any atom is -0.508 e. The van der Waals surface area contributed by atoms with Crippen LogP contribution >= 0.6 is 0 Å². The van der Waals surface area contributed by atoms with E-state index >= 15 is 0 Å². The second kappa shape index (κ2) is 9.72. The van der Waals surface area contributed by atoms with Crippen LogP contribution in [0.2, 0.25) is 0 Å². The Morgan fingerprint density at radius 2 is 1.68 bits per heavy atom. The summed E-state index contributed by atoms with van der Waals surface area (Å²) >= 11 is 0. The summed E-state index contributed by atoms with van der Waals surface area (Å²) in [5.41, 5.74) is 0.793. The summed E-state index contributed by atoms with van der Waals surface area (Å²) in [6.45, 7) is 1.53. The fourth-order valence-corrected chi connectivity index (χ4v) is 2.17. The van der Waals surface area contributed by atoms with Gasteiger partial charge in [-0.2, -0.15) is 0 Å². The predicted molar refractivity (Wildman–Crippen MR) is 104 cm³/mol. The van der Waals surface area contributed by atoms with Gasteiger partial charge >= 0.3 is 0 Å². The average molecular weight is 380 g/mol. The van der Waals surface area contributed by atoms with Gasteiger partial charge in [-0.25, -0.2) is 0 Å². The second-order valence-electron chi connectivity index (χ2n) is 5.65. The Morgan fingerprint density at radius 1 is 0.964 bits per heavy atom. The molecule has 2 aromatic carbocycles. The standard InChI is InChI=1S/C13H11NO2.C8H9NO3/c1-10(15)11-3-2-4-13(9-11)16-12-5-7-14-8-6-12;1-9-8(12)6-3-2-5(10)4-7(6)11/h2-9H,1H3;2-4,10-11H,1H3,(H,9,12). The number of ether oxygens (including phenoxy) is 1. The molecule has 0 fully saturated rings. The van der Waals surface area contributed by atoms with E-state index in [1.165, 1.54) is 26.1 Å². The molecule has 7 heteroatoms. The van der Waals surface area contributed by atoms with Crippen LogP contribution in [-0.2, 0) is 0 Å². The summed E-state index contributed by atoms with van der Waals surface area (Å²) in [6, 6.07) is 14.4. The van der Waals surface area contributed by atoms with E-state index in [0.717, 1.165) is 6.07 Å². The van der Waals surface area contributed by atoms with Crippen molar-refractivity contribution in [3.63, 3.8) is 0 Å². The lowest BCUT2D eigenvalue weighted by molar-refractivity contribution is 0.0959. The minimum atomic E-state index is -0.382. The van der Waals surface area contributed by atoms with Gasteiger partial charge in [0.1, 0.15) is 23.0 Å². The molecule has 0 saturated carbocycles. The number of ketones is 1. The third-order valence-electron chi connectivity index (χ3n) is 3.58. The third-order valence-corrected chi connectivity index (χ3v) is 3.58. The monoisotopic (exact) mass is 380 g/mol. The van der Waals surface area contributed by atoms with E-state index in [9.17, 15) is 14.7 Å². The first-order chi connectivity index (χ1) is 13.4. The quantitative estimate of drug-likeness (QED) is 0.598. The van der Waals surface area contributed by atoms with Gasteiger partial charge in [0.15, 0.2) is 5.78 Å². The number of amides is 1. The fraction of sp³-hybridized carbons (Fsp3) is 0.0952. The van der Waals surface area contributed by atoms with Crippen LogP contribution in [-0.4, -0.2) is 33.9 Å². The zero-order chi connectivity index (χ0) is 20.5. The molecule has 28 heavy (non-hydrogen) atoms. The Morgan fingerprint density at radius 3 is 2.29 bits per heavy atom. The van der Waals surface area contributed by atoms with Crippen LogP contribution in [0.3, 0.4) is 0 Å². The van der Waals surface area contributed by atoms with E-state index in [-0.39, 0.29) is 28.8 Å². The number of carbonyl (C=O) groups is 2. The first-order valence-electron chi connectivity index (χ1n) is 8.33. The molecule has 0 aliphatic heterocycles. The molecule has 0 aliphatic rings. The molecule has 0 atom stereocenters. The molecule has 3 N–H and O–H groups in total. The zero-order valence-electron chi connectivity index (χ0n) is 15.4. The van der Waals surface area contributed by atoms with Crippen LogP contribution in [0.25, 0.3) is 0 Å². The number of rotatable bonds is 4. The van der Waals surface area contributed by atoms with Crippen molar-refractivity contribution < 1.29 is 24.5 Å². The summed E-state index contributed by atoms with van der Waals surface area (Å²) < 4.78 is 5.58. The van der Waals surface area contributed by atoms with Crippen LogP contribution in [0.15, 0.2) is 67.0 Å². The number of hydrogen-bond acceptors (Lipinski definition) is 6. The number of aromatic nitrogens is 1. The molecule has 1 heterocycles. The van der Waals surface area contributed by atoms with E-state index < -0.39 is 0 Å². The van der Waals surface area contributed by atoms with Crippen molar-refractivity contribution in [3.05, 3.63) is 78.1 Å². The summed E-state index contributed by atoms with van der Waals surface area (Å²) in [7, 11) is 1.47. The topological polar surface area (TPSA) is 109 Å². The lowest BCUT2D eigenvalue weighted by Gasteiger charge is -2.05. The van der Waals surface area contributed by atoms with Gasteiger partial charge in [-0.1, -0.05) is 12.1 Å². The van der Waals surface area contributed by atoms with E-state index in [0.29, 0.717) is 17.1 Å². The van der Waals surface area contributed by atoms with Gasteiger partial charge < -0.3 is 20.3 Å². The molecule has 0 spiro atoms. The lowest BCUT2D eigenvalue weighted by atomic mass is 10.1. The highest BCUT2D eigenvalue weighted by Gasteiger charge is 2.08. The molecule has 0 saturated heterocycles. The van der Waals surface area contributed by atoms with Gasteiger partial charge in [-0.05, 0) is 43.3 Å². The molecular formula is C21H20N2O5. The highest BCUT2D eigenvalue weighted by molar-refractivity contribution is 5.96. The Hall–Kier alpha value is -3.87. The number of nitrogens with one attached hydrogen (secondary N) is 1. The van der Waals surface area contributed by atoms with Gasteiger partial charge in [0, 0.05) is 31.1 Å². The van der Waals surface area contributed by atoms with Crippen molar-refractivity contribution in [2.24, 2.45) is 0 Å². The molecule has 3 aromatic rings. The Balaban J connectivity index is 0.000000209. The molecule has 3 rings (SSSR count). The van der Waals surface area contributed by atoms with Crippen molar-refractivity contribution in [1.82, 2.24) is 10.3 Å². The first-order valence-corrected chi connectivity index (χ1v) is 8.33. The predicted octanol–water partition coefficient (Wildman–Crippen LogP) is 3.53. The smallest absolute Gasteiger partial charge is 0.254 e.